The number of fused-ring (bicyclic) bond motifs is 1. The largest absolute Gasteiger partial charge is 0.481 e. The first-order chi connectivity index (χ1) is 11.3. The second-order valence-corrected chi connectivity index (χ2v) is 8.54. The molecular weight excluding hydrogens is 304 g/mol. The molecular formula is C19H32N2O3. The Balaban J connectivity index is 1.61. The molecule has 5 heteroatoms. The van der Waals surface area contributed by atoms with E-state index >= 15 is 0 Å². The van der Waals surface area contributed by atoms with Gasteiger partial charge in [0.2, 0.25) is 5.91 Å². The quantitative estimate of drug-likeness (QED) is 0.827. The van der Waals surface area contributed by atoms with Crippen LogP contribution in [0.3, 0.4) is 0 Å². The van der Waals surface area contributed by atoms with Crippen molar-refractivity contribution in [2.24, 2.45) is 23.2 Å². The molecule has 0 bridgehead atoms. The number of carbonyl (C=O) groups is 2. The number of carbonyl (C=O) groups excluding carboxylic acids is 1. The maximum atomic E-state index is 12.7. The van der Waals surface area contributed by atoms with E-state index in [9.17, 15) is 14.7 Å². The standard InChI is InChI=1S/C19H32N2O3/c1-12-6-4-8-16(13(12)2)20-17(22)14(3)21-10-15-7-5-9-19(15,11-21)18(23)24/h12-16H,4-11H2,1-3H3,(H,20,22)(H,23,24)/t12?,13?,14?,15-,16?,19+/m0/s1. The summed E-state index contributed by atoms with van der Waals surface area (Å²) in [6.45, 7) is 7.71. The van der Waals surface area contributed by atoms with Gasteiger partial charge in [-0.25, -0.2) is 0 Å². The number of hydrogen-bond acceptors (Lipinski definition) is 3. The van der Waals surface area contributed by atoms with Crippen molar-refractivity contribution in [1.82, 2.24) is 10.2 Å². The second-order valence-electron chi connectivity index (χ2n) is 8.54. The molecule has 1 aliphatic heterocycles. The van der Waals surface area contributed by atoms with Crippen LogP contribution in [-0.2, 0) is 9.59 Å². The minimum absolute atomic E-state index is 0.0708. The first kappa shape index (κ1) is 17.7. The van der Waals surface area contributed by atoms with Crippen LogP contribution in [0.4, 0.5) is 0 Å². The van der Waals surface area contributed by atoms with Crippen molar-refractivity contribution in [2.75, 3.05) is 13.1 Å². The fourth-order valence-electron chi connectivity index (χ4n) is 5.23. The Morgan fingerprint density at radius 3 is 2.62 bits per heavy atom. The van der Waals surface area contributed by atoms with Crippen LogP contribution in [0.2, 0.25) is 0 Å². The number of hydrogen-bond donors (Lipinski definition) is 2. The first-order valence-electron chi connectivity index (χ1n) is 9.63. The number of carboxylic acid groups (broad SMARTS) is 1. The van der Waals surface area contributed by atoms with Gasteiger partial charge in [-0.1, -0.05) is 33.1 Å². The lowest BCUT2D eigenvalue weighted by molar-refractivity contribution is -0.149. The molecule has 3 rings (SSSR count). The topological polar surface area (TPSA) is 69.6 Å². The molecule has 5 nitrogen and oxygen atoms in total. The number of nitrogens with zero attached hydrogens (tertiary/aromatic N) is 1. The summed E-state index contributed by atoms with van der Waals surface area (Å²) in [6, 6.07) is 0.0236. The number of likely N-dealkylation sites (tertiary alicyclic amines) is 1. The van der Waals surface area contributed by atoms with Crippen molar-refractivity contribution < 1.29 is 14.7 Å². The van der Waals surface area contributed by atoms with Gasteiger partial charge in [0.25, 0.3) is 0 Å². The molecule has 4 unspecified atom stereocenters. The minimum Gasteiger partial charge on any atom is -0.481 e. The Morgan fingerprint density at radius 2 is 1.96 bits per heavy atom. The molecule has 136 valence electrons. The summed E-state index contributed by atoms with van der Waals surface area (Å²) in [4.78, 5) is 26.7. The van der Waals surface area contributed by atoms with E-state index in [0.29, 0.717) is 18.4 Å². The molecule has 0 aromatic carbocycles. The van der Waals surface area contributed by atoms with Crippen LogP contribution in [0.1, 0.15) is 59.3 Å². The van der Waals surface area contributed by atoms with E-state index < -0.39 is 11.4 Å². The predicted molar refractivity (Wildman–Crippen MR) is 92.6 cm³/mol. The third kappa shape index (κ3) is 2.96. The van der Waals surface area contributed by atoms with Gasteiger partial charge >= 0.3 is 5.97 Å². The van der Waals surface area contributed by atoms with Gasteiger partial charge in [0, 0.05) is 19.1 Å². The number of carboxylic acids is 1. The van der Waals surface area contributed by atoms with Crippen LogP contribution in [0.5, 0.6) is 0 Å². The highest BCUT2D eigenvalue weighted by Gasteiger charge is 2.55. The SMILES string of the molecule is CC1CCCC(NC(=O)C(C)N2C[C@@H]3CCC[C@@]3(C(=O)O)C2)C1C. The van der Waals surface area contributed by atoms with E-state index in [4.69, 9.17) is 0 Å². The molecule has 1 amide bonds. The highest BCUT2D eigenvalue weighted by Crippen LogP contribution is 2.49. The molecule has 3 fully saturated rings. The molecule has 3 aliphatic rings. The van der Waals surface area contributed by atoms with E-state index in [2.05, 4.69) is 24.1 Å². The predicted octanol–water partition coefficient (Wildman–Crippen LogP) is 2.50. The summed E-state index contributed by atoms with van der Waals surface area (Å²) in [7, 11) is 0. The van der Waals surface area contributed by atoms with E-state index in [0.717, 1.165) is 32.2 Å². The number of amides is 1. The maximum absolute atomic E-state index is 12.7. The van der Waals surface area contributed by atoms with E-state index in [-0.39, 0.29) is 23.9 Å². The fraction of sp³-hybridized carbons (Fsp3) is 0.895. The zero-order chi connectivity index (χ0) is 17.5. The average Bonchev–Trinajstić information content (AvgIpc) is 3.09. The molecule has 0 radical (unpaired) electrons. The Bertz CT molecular complexity index is 509. The van der Waals surface area contributed by atoms with Gasteiger partial charge in [-0.15, -0.1) is 0 Å². The van der Waals surface area contributed by atoms with Crippen molar-refractivity contribution in [3.05, 3.63) is 0 Å². The Kier molecular flexibility index (Phi) is 4.92. The molecule has 2 aliphatic carbocycles. The summed E-state index contributed by atoms with van der Waals surface area (Å²) in [6.07, 6.45) is 6.23. The van der Waals surface area contributed by atoms with E-state index in [1.54, 1.807) is 0 Å². The molecule has 0 aromatic heterocycles. The van der Waals surface area contributed by atoms with Crippen molar-refractivity contribution in [3.63, 3.8) is 0 Å². The van der Waals surface area contributed by atoms with Gasteiger partial charge in [-0.2, -0.15) is 0 Å². The fourth-order valence-corrected chi connectivity index (χ4v) is 5.23. The molecule has 0 aromatic rings. The van der Waals surface area contributed by atoms with Crippen molar-refractivity contribution in [3.8, 4) is 0 Å². The smallest absolute Gasteiger partial charge is 0.311 e. The third-order valence-corrected chi connectivity index (χ3v) is 7.28. The molecule has 2 saturated carbocycles. The Hall–Kier alpha value is -1.10. The lowest BCUT2D eigenvalue weighted by atomic mass is 9.78. The zero-order valence-electron chi connectivity index (χ0n) is 15.3. The van der Waals surface area contributed by atoms with Gasteiger partial charge in [-0.05, 0) is 43.9 Å². The van der Waals surface area contributed by atoms with Crippen LogP contribution in [0.25, 0.3) is 0 Å². The lowest BCUT2D eigenvalue weighted by Crippen LogP contribution is -2.51. The highest BCUT2D eigenvalue weighted by atomic mass is 16.4. The minimum atomic E-state index is -0.671. The molecule has 0 spiro atoms. The number of rotatable bonds is 4. The summed E-state index contributed by atoms with van der Waals surface area (Å²) >= 11 is 0. The summed E-state index contributed by atoms with van der Waals surface area (Å²) in [5, 5.41) is 13.0. The second kappa shape index (κ2) is 6.66. The van der Waals surface area contributed by atoms with E-state index in [1.807, 2.05) is 6.92 Å². The molecule has 2 N–H and O–H groups in total. The van der Waals surface area contributed by atoms with Crippen LogP contribution >= 0.6 is 0 Å². The maximum Gasteiger partial charge on any atom is 0.311 e. The van der Waals surface area contributed by atoms with Gasteiger partial charge in [0.1, 0.15) is 0 Å². The van der Waals surface area contributed by atoms with E-state index in [1.165, 1.54) is 12.8 Å². The van der Waals surface area contributed by atoms with Crippen LogP contribution in [-0.4, -0.2) is 47.1 Å². The number of aliphatic carboxylic acids is 1. The average molecular weight is 336 g/mol. The first-order valence-corrected chi connectivity index (χ1v) is 9.63. The summed E-state index contributed by atoms with van der Waals surface area (Å²) < 4.78 is 0. The van der Waals surface area contributed by atoms with Crippen LogP contribution < -0.4 is 5.32 Å². The molecule has 6 atom stereocenters. The van der Waals surface area contributed by atoms with Gasteiger partial charge < -0.3 is 10.4 Å². The summed E-state index contributed by atoms with van der Waals surface area (Å²) in [5.41, 5.74) is -0.610. The number of nitrogens with one attached hydrogen (secondary N) is 1. The Morgan fingerprint density at radius 1 is 1.21 bits per heavy atom. The van der Waals surface area contributed by atoms with Crippen LogP contribution in [0, 0.1) is 23.2 Å². The highest BCUT2D eigenvalue weighted by molar-refractivity contribution is 5.82. The summed E-state index contributed by atoms with van der Waals surface area (Å²) in [5.74, 6) is 0.772. The molecule has 1 saturated heterocycles. The van der Waals surface area contributed by atoms with Gasteiger partial charge in [0.05, 0.1) is 11.5 Å². The third-order valence-electron chi connectivity index (χ3n) is 7.28. The normalized spacial score (nSPS) is 41.0. The molecule has 1 heterocycles. The van der Waals surface area contributed by atoms with Crippen molar-refractivity contribution in [1.29, 1.82) is 0 Å². The van der Waals surface area contributed by atoms with Crippen molar-refractivity contribution in [2.45, 2.75) is 71.4 Å². The molecule has 24 heavy (non-hydrogen) atoms. The Labute approximate surface area is 145 Å². The zero-order valence-corrected chi connectivity index (χ0v) is 15.3. The monoisotopic (exact) mass is 336 g/mol. The van der Waals surface area contributed by atoms with Gasteiger partial charge in [0.15, 0.2) is 0 Å². The van der Waals surface area contributed by atoms with Crippen LogP contribution in [0.15, 0.2) is 0 Å². The lowest BCUT2D eigenvalue weighted by Gasteiger charge is -2.36. The van der Waals surface area contributed by atoms with Crippen molar-refractivity contribution >= 4 is 11.9 Å². The van der Waals surface area contributed by atoms with Gasteiger partial charge in [-0.3, -0.25) is 14.5 Å².